The Labute approximate surface area is 122 Å². The van der Waals surface area contributed by atoms with Crippen LogP contribution in [0.4, 0.5) is 4.39 Å². The molecule has 0 N–H and O–H groups in total. The number of aryl methyl sites for hydroxylation is 1. The molecule has 4 nitrogen and oxygen atoms in total. The summed E-state index contributed by atoms with van der Waals surface area (Å²) in [6.45, 7) is 3.02. The molecule has 0 bridgehead atoms. The number of nitrogens with zero attached hydrogens (tertiary/aromatic N) is 3. The third-order valence-electron chi connectivity index (χ3n) is 3.07. The molecule has 2 aromatic rings. The third-order valence-corrected chi connectivity index (χ3v) is 4.13. The Bertz CT molecular complexity index is 718. The summed E-state index contributed by atoms with van der Waals surface area (Å²) >= 11 is 1.82. The van der Waals surface area contributed by atoms with Gasteiger partial charge in [0.2, 0.25) is 0 Å². The maximum absolute atomic E-state index is 14.2. The van der Waals surface area contributed by atoms with Crippen molar-refractivity contribution < 1.29 is 9.13 Å². The second-order valence-electron chi connectivity index (χ2n) is 4.19. The van der Waals surface area contributed by atoms with Crippen molar-refractivity contribution in [2.24, 2.45) is 0 Å². The summed E-state index contributed by atoms with van der Waals surface area (Å²) in [5.74, 6) is -0.288. The van der Waals surface area contributed by atoms with Crippen LogP contribution in [0, 0.1) is 20.7 Å². The van der Waals surface area contributed by atoms with Crippen LogP contribution in [0.1, 0.15) is 18.1 Å². The first-order valence-electron chi connectivity index (χ1n) is 5.77. The lowest BCUT2D eigenvalue weighted by Crippen LogP contribution is -2.08. The fourth-order valence-corrected chi connectivity index (χ4v) is 2.64. The summed E-state index contributed by atoms with van der Waals surface area (Å²) in [4.78, 5) is 0. The van der Waals surface area contributed by atoms with Gasteiger partial charge in [-0.25, -0.2) is 4.39 Å². The van der Waals surface area contributed by atoms with E-state index in [1.807, 2.05) is 41.8 Å². The Kier molecular flexibility index (Phi) is 2.93. The molecule has 96 valence electrons. The van der Waals surface area contributed by atoms with Crippen LogP contribution in [0.15, 0.2) is 12.3 Å². The van der Waals surface area contributed by atoms with E-state index in [0.29, 0.717) is 23.4 Å². The van der Waals surface area contributed by atoms with Gasteiger partial charge in [-0.2, -0.15) is 10.4 Å². The molecule has 0 saturated carbocycles. The monoisotopic (exact) mass is 369 g/mol. The molecule has 1 aromatic heterocycles. The summed E-state index contributed by atoms with van der Waals surface area (Å²) in [7, 11) is 0. The van der Waals surface area contributed by atoms with E-state index < -0.39 is 5.82 Å². The van der Waals surface area contributed by atoms with Gasteiger partial charge >= 0.3 is 0 Å². The smallest absolute Gasteiger partial charge is 0.180 e. The zero-order chi connectivity index (χ0) is 13.6. The van der Waals surface area contributed by atoms with Gasteiger partial charge in [-0.05, 0) is 35.6 Å². The molecule has 0 radical (unpaired) electrons. The highest BCUT2D eigenvalue weighted by atomic mass is 127. The number of hydrogen-bond donors (Lipinski definition) is 0. The molecule has 0 unspecified atom stereocenters. The van der Waals surface area contributed by atoms with E-state index in [9.17, 15) is 4.39 Å². The molecule has 1 aromatic carbocycles. The minimum atomic E-state index is -0.480. The second kappa shape index (κ2) is 4.49. The number of aromatic nitrogens is 2. The molecule has 2 heterocycles. The van der Waals surface area contributed by atoms with Crippen molar-refractivity contribution in [1.29, 1.82) is 5.26 Å². The molecule has 3 rings (SSSR count). The van der Waals surface area contributed by atoms with E-state index in [0.717, 1.165) is 12.1 Å². The number of ether oxygens (including phenoxy) is 1. The summed E-state index contributed by atoms with van der Waals surface area (Å²) in [6, 6.07) is 3.64. The number of halogens is 2. The molecule has 19 heavy (non-hydrogen) atoms. The minimum Gasteiger partial charge on any atom is -0.485 e. The van der Waals surface area contributed by atoms with Crippen LogP contribution < -0.4 is 4.74 Å². The van der Waals surface area contributed by atoms with Gasteiger partial charge in [0.05, 0.1) is 9.13 Å². The standard InChI is InChI=1S/C13H9FIN3O/c1-2-18-5-8-6-19-13-9(12(8)17-18)3-7(4-16)11(15)10(13)14/h3,5H,2,6H2,1H3. The van der Waals surface area contributed by atoms with Gasteiger partial charge in [0, 0.05) is 23.9 Å². The van der Waals surface area contributed by atoms with Crippen LogP contribution >= 0.6 is 22.6 Å². The van der Waals surface area contributed by atoms with Crippen molar-refractivity contribution in [2.75, 3.05) is 0 Å². The summed E-state index contributed by atoms with van der Waals surface area (Å²) in [5, 5.41) is 13.5. The molecular weight excluding hydrogens is 360 g/mol. The van der Waals surface area contributed by atoms with Crippen molar-refractivity contribution in [3.05, 3.63) is 32.8 Å². The quantitative estimate of drug-likeness (QED) is 0.726. The Morgan fingerprint density at radius 3 is 3.11 bits per heavy atom. The maximum atomic E-state index is 14.2. The fraction of sp³-hybridized carbons (Fsp3) is 0.231. The van der Waals surface area contributed by atoms with E-state index in [4.69, 9.17) is 10.00 Å². The summed E-state index contributed by atoms with van der Waals surface area (Å²) in [5.41, 5.74) is 2.48. The lowest BCUT2D eigenvalue weighted by molar-refractivity contribution is 0.285. The lowest BCUT2D eigenvalue weighted by Gasteiger charge is -2.18. The van der Waals surface area contributed by atoms with Crippen molar-refractivity contribution in [3.63, 3.8) is 0 Å². The Balaban J connectivity index is 2.29. The van der Waals surface area contributed by atoms with Crippen LogP contribution in [-0.4, -0.2) is 9.78 Å². The number of hydrogen-bond acceptors (Lipinski definition) is 3. The average Bonchev–Trinajstić information content (AvgIpc) is 2.85. The van der Waals surface area contributed by atoms with Crippen molar-refractivity contribution in [1.82, 2.24) is 9.78 Å². The molecule has 0 spiro atoms. The molecule has 1 aliphatic rings. The zero-order valence-corrected chi connectivity index (χ0v) is 12.2. The molecule has 0 fully saturated rings. The van der Waals surface area contributed by atoms with Gasteiger partial charge in [-0.1, -0.05) is 0 Å². The predicted octanol–water partition coefficient (Wildman–Crippen LogP) is 3.08. The lowest BCUT2D eigenvalue weighted by atomic mass is 10.0. The number of rotatable bonds is 1. The Morgan fingerprint density at radius 1 is 1.63 bits per heavy atom. The minimum absolute atomic E-state index is 0.192. The van der Waals surface area contributed by atoms with Gasteiger partial charge in [0.25, 0.3) is 0 Å². The van der Waals surface area contributed by atoms with Crippen LogP contribution in [0.5, 0.6) is 5.75 Å². The largest absolute Gasteiger partial charge is 0.485 e. The van der Waals surface area contributed by atoms with Crippen molar-refractivity contribution >= 4 is 22.6 Å². The topological polar surface area (TPSA) is 50.8 Å². The highest BCUT2D eigenvalue weighted by Gasteiger charge is 2.27. The van der Waals surface area contributed by atoms with Crippen LogP contribution in [0.25, 0.3) is 11.3 Å². The SMILES string of the molecule is CCn1cc2c(n1)-c1cc(C#N)c(I)c(F)c1OC2. The van der Waals surface area contributed by atoms with Crippen molar-refractivity contribution in [3.8, 4) is 23.1 Å². The molecule has 0 saturated heterocycles. The van der Waals surface area contributed by atoms with Crippen LogP contribution in [0.2, 0.25) is 0 Å². The highest BCUT2D eigenvalue weighted by Crippen LogP contribution is 2.41. The maximum Gasteiger partial charge on any atom is 0.180 e. The van der Waals surface area contributed by atoms with Gasteiger partial charge in [-0.15, -0.1) is 0 Å². The fourth-order valence-electron chi connectivity index (χ4n) is 2.11. The number of nitriles is 1. The van der Waals surface area contributed by atoms with E-state index >= 15 is 0 Å². The first kappa shape index (κ1) is 12.4. The predicted molar refractivity (Wildman–Crippen MR) is 75.1 cm³/mol. The highest BCUT2D eigenvalue weighted by molar-refractivity contribution is 14.1. The normalized spacial score (nSPS) is 12.3. The van der Waals surface area contributed by atoms with Crippen LogP contribution in [0.3, 0.4) is 0 Å². The molecule has 0 atom stereocenters. The molecular formula is C13H9FIN3O. The Hall–Kier alpha value is -1.62. The first-order valence-corrected chi connectivity index (χ1v) is 6.85. The molecule has 0 aliphatic carbocycles. The van der Waals surface area contributed by atoms with E-state index in [1.165, 1.54) is 0 Å². The van der Waals surface area contributed by atoms with Crippen molar-refractivity contribution in [2.45, 2.75) is 20.1 Å². The van der Waals surface area contributed by atoms with Crippen LogP contribution in [-0.2, 0) is 13.2 Å². The van der Waals surface area contributed by atoms with Gasteiger partial charge in [0.15, 0.2) is 11.6 Å². The Morgan fingerprint density at radius 2 is 2.42 bits per heavy atom. The van der Waals surface area contributed by atoms with E-state index in [1.54, 1.807) is 10.7 Å². The summed E-state index contributed by atoms with van der Waals surface area (Å²) < 4.78 is 21.7. The average molecular weight is 369 g/mol. The van der Waals surface area contributed by atoms with E-state index in [2.05, 4.69) is 5.10 Å². The summed E-state index contributed by atoms with van der Waals surface area (Å²) in [6.07, 6.45) is 1.89. The van der Waals surface area contributed by atoms with E-state index in [-0.39, 0.29) is 9.32 Å². The number of benzene rings is 1. The third kappa shape index (κ3) is 1.80. The van der Waals surface area contributed by atoms with Gasteiger partial charge in [0.1, 0.15) is 18.4 Å². The molecule has 1 aliphatic heterocycles. The van der Waals surface area contributed by atoms with Gasteiger partial charge < -0.3 is 4.74 Å². The van der Waals surface area contributed by atoms with Gasteiger partial charge in [-0.3, -0.25) is 4.68 Å². The molecule has 0 amide bonds. The first-order chi connectivity index (χ1) is 9.15. The second-order valence-corrected chi connectivity index (χ2v) is 5.27. The molecule has 6 heteroatoms. The number of fused-ring (bicyclic) bond motifs is 3. The zero-order valence-electron chi connectivity index (χ0n) is 10.1.